The molecule has 22 heavy (non-hydrogen) atoms. The van der Waals surface area contributed by atoms with Crippen LogP contribution in [0, 0.1) is 13.8 Å². The highest BCUT2D eigenvalue weighted by Crippen LogP contribution is 2.39. The average Bonchev–Trinajstić information content (AvgIpc) is 3.25. The Kier molecular flexibility index (Phi) is 4.06. The zero-order valence-electron chi connectivity index (χ0n) is 12.7. The molecule has 0 aliphatic heterocycles. The number of carbonyl (C=O) groups excluding carboxylic acids is 1. The second kappa shape index (κ2) is 6.00. The Balaban J connectivity index is 1.62. The van der Waals surface area contributed by atoms with Gasteiger partial charge >= 0.3 is 0 Å². The van der Waals surface area contributed by atoms with Crippen molar-refractivity contribution < 1.29 is 4.79 Å². The summed E-state index contributed by atoms with van der Waals surface area (Å²) < 4.78 is 1.93. The molecule has 1 aliphatic carbocycles. The quantitative estimate of drug-likeness (QED) is 0.828. The van der Waals surface area contributed by atoms with Crippen molar-refractivity contribution in [3.63, 3.8) is 0 Å². The molecule has 0 atom stereocenters. The first kappa shape index (κ1) is 14.9. The number of aromatic nitrogens is 3. The Bertz CT molecular complexity index is 708. The first-order chi connectivity index (χ1) is 10.6. The number of hydrogen-bond donors (Lipinski definition) is 2. The van der Waals surface area contributed by atoms with E-state index < -0.39 is 0 Å². The molecule has 1 fully saturated rings. The fourth-order valence-electron chi connectivity index (χ4n) is 2.27. The number of aryl methyl sites for hydroxylation is 1. The van der Waals surface area contributed by atoms with Crippen LogP contribution in [0.15, 0.2) is 23.4 Å². The molecule has 1 aromatic heterocycles. The highest BCUT2D eigenvalue weighted by atomic mass is 32.2. The van der Waals surface area contributed by atoms with Crippen LogP contribution in [0.2, 0.25) is 0 Å². The number of nitrogens with zero attached hydrogens (tertiary/aromatic N) is 3. The summed E-state index contributed by atoms with van der Waals surface area (Å²) in [6.07, 6.45) is 2.20. The zero-order chi connectivity index (χ0) is 15.7. The van der Waals surface area contributed by atoms with Crippen LogP contribution < -0.4 is 11.1 Å². The lowest BCUT2D eigenvalue weighted by atomic mass is 10.1. The molecule has 1 aliphatic rings. The predicted octanol–water partition coefficient (Wildman–Crippen LogP) is 2.54. The van der Waals surface area contributed by atoms with Gasteiger partial charge in [-0.3, -0.25) is 9.36 Å². The van der Waals surface area contributed by atoms with Crippen molar-refractivity contribution in [2.45, 2.75) is 37.9 Å². The monoisotopic (exact) mass is 317 g/mol. The van der Waals surface area contributed by atoms with Crippen LogP contribution >= 0.6 is 11.8 Å². The maximum absolute atomic E-state index is 12.1. The van der Waals surface area contributed by atoms with E-state index in [9.17, 15) is 4.79 Å². The molecule has 6 nitrogen and oxygen atoms in total. The second-order valence-electron chi connectivity index (χ2n) is 5.53. The van der Waals surface area contributed by atoms with Crippen molar-refractivity contribution in [1.82, 2.24) is 14.8 Å². The van der Waals surface area contributed by atoms with Crippen LogP contribution in [0.25, 0.3) is 0 Å². The van der Waals surface area contributed by atoms with Crippen molar-refractivity contribution in [3.8, 4) is 0 Å². The maximum Gasteiger partial charge on any atom is 0.234 e. The van der Waals surface area contributed by atoms with E-state index in [0.717, 1.165) is 34.8 Å². The molecular formula is C15H19N5OS. The summed E-state index contributed by atoms with van der Waals surface area (Å²) in [5.74, 6) is 0.667. The number of nitrogens with two attached hydrogens (primary N) is 1. The number of benzene rings is 1. The molecule has 0 radical (unpaired) electrons. The number of hydrogen-bond acceptors (Lipinski definition) is 5. The van der Waals surface area contributed by atoms with E-state index in [1.165, 1.54) is 11.8 Å². The lowest BCUT2D eigenvalue weighted by Gasteiger charge is -2.10. The first-order valence-corrected chi connectivity index (χ1v) is 8.24. The summed E-state index contributed by atoms with van der Waals surface area (Å²) in [5, 5.41) is 11.6. The van der Waals surface area contributed by atoms with Crippen molar-refractivity contribution >= 4 is 29.3 Å². The maximum atomic E-state index is 12.1. The fraction of sp³-hybridized carbons (Fsp3) is 0.400. The van der Waals surface area contributed by atoms with E-state index in [-0.39, 0.29) is 11.7 Å². The van der Waals surface area contributed by atoms with Gasteiger partial charge in [0.05, 0.1) is 5.75 Å². The van der Waals surface area contributed by atoms with Crippen molar-refractivity contribution in [1.29, 1.82) is 0 Å². The smallest absolute Gasteiger partial charge is 0.234 e. The molecule has 1 heterocycles. The molecular weight excluding hydrogens is 298 g/mol. The van der Waals surface area contributed by atoms with Gasteiger partial charge in [0, 0.05) is 11.7 Å². The molecule has 0 unspecified atom stereocenters. The molecule has 1 amide bonds. The van der Waals surface area contributed by atoms with Gasteiger partial charge in [-0.1, -0.05) is 23.9 Å². The molecule has 1 saturated carbocycles. The van der Waals surface area contributed by atoms with E-state index in [1.54, 1.807) is 0 Å². The van der Waals surface area contributed by atoms with E-state index in [1.807, 2.05) is 36.6 Å². The van der Waals surface area contributed by atoms with Crippen LogP contribution in [0.3, 0.4) is 0 Å². The normalized spacial score (nSPS) is 14.1. The van der Waals surface area contributed by atoms with Gasteiger partial charge < -0.3 is 11.1 Å². The van der Waals surface area contributed by atoms with Crippen molar-refractivity contribution in [2.24, 2.45) is 0 Å². The fourth-order valence-corrected chi connectivity index (χ4v) is 3.08. The highest BCUT2D eigenvalue weighted by Gasteiger charge is 2.29. The summed E-state index contributed by atoms with van der Waals surface area (Å²) in [5.41, 5.74) is 8.93. The Labute approximate surface area is 133 Å². The Morgan fingerprint density at radius 3 is 2.91 bits per heavy atom. The number of nitrogen functional groups attached to an aromatic ring is 1. The molecule has 3 N–H and O–H groups in total. The largest absolute Gasteiger partial charge is 0.368 e. The molecule has 3 rings (SSSR count). The molecule has 2 aromatic rings. The van der Waals surface area contributed by atoms with Gasteiger partial charge in [0.2, 0.25) is 11.9 Å². The van der Waals surface area contributed by atoms with E-state index in [0.29, 0.717) is 12.0 Å². The third-order valence-corrected chi connectivity index (χ3v) is 4.76. The summed E-state index contributed by atoms with van der Waals surface area (Å²) in [6.45, 7) is 4.03. The zero-order valence-corrected chi connectivity index (χ0v) is 13.5. The third-order valence-electron chi connectivity index (χ3n) is 3.81. The van der Waals surface area contributed by atoms with Crippen LogP contribution in [-0.2, 0) is 4.79 Å². The summed E-state index contributed by atoms with van der Waals surface area (Å²) in [6, 6.07) is 6.28. The average molecular weight is 317 g/mol. The Morgan fingerprint density at radius 1 is 1.41 bits per heavy atom. The molecule has 0 spiro atoms. The number of carbonyl (C=O) groups is 1. The molecule has 1 aromatic carbocycles. The van der Waals surface area contributed by atoms with Gasteiger partial charge in [-0.25, -0.2) is 0 Å². The van der Waals surface area contributed by atoms with E-state index in [2.05, 4.69) is 15.5 Å². The number of thioether (sulfide) groups is 1. The standard InChI is InChI=1S/C15H19N5OS/c1-9-4-3-5-12(10(9)2)17-13(21)8-22-15-19-18-14(16)20(15)11-6-7-11/h3-5,11H,6-8H2,1-2H3,(H2,16,18)(H,17,21). The first-order valence-electron chi connectivity index (χ1n) is 7.25. The van der Waals surface area contributed by atoms with E-state index >= 15 is 0 Å². The summed E-state index contributed by atoms with van der Waals surface area (Å²) in [4.78, 5) is 12.1. The summed E-state index contributed by atoms with van der Waals surface area (Å²) >= 11 is 1.37. The lowest BCUT2D eigenvalue weighted by molar-refractivity contribution is -0.113. The predicted molar refractivity (Wildman–Crippen MR) is 88.0 cm³/mol. The summed E-state index contributed by atoms with van der Waals surface area (Å²) in [7, 11) is 0. The number of rotatable bonds is 5. The Hall–Kier alpha value is -2.02. The van der Waals surface area contributed by atoms with E-state index in [4.69, 9.17) is 5.73 Å². The molecule has 116 valence electrons. The third kappa shape index (κ3) is 3.09. The van der Waals surface area contributed by atoms with Crippen LogP contribution in [0.4, 0.5) is 11.6 Å². The van der Waals surface area contributed by atoms with Gasteiger partial charge in [-0.15, -0.1) is 10.2 Å². The Morgan fingerprint density at radius 2 is 2.18 bits per heavy atom. The molecule has 0 saturated heterocycles. The lowest BCUT2D eigenvalue weighted by Crippen LogP contribution is -2.15. The van der Waals surface area contributed by atoms with Gasteiger partial charge in [-0.05, 0) is 43.9 Å². The molecule has 7 heteroatoms. The number of anilines is 2. The minimum Gasteiger partial charge on any atom is -0.368 e. The van der Waals surface area contributed by atoms with Crippen LogP contribution in [0.1, 0.15) is 30.0 Å². The molecule has 0 bridgehead atoms. The minimum atomic E-state index is -0.0531. The van der Waals surface area contributed by atoms with Crippen molar-refractivity contribution in [3.05, 3.63) is 29.3 Å². The minimum absolute atomic E-state index is 0.0531. The second-order valence-corrected chi connectivity index (χ2v) is 6.47. The van der Waals surface area contributed by atoms with Gasteiger partial charge in [0.15, 0.2) is 5.16 Å². The van der Waals surface area contributed by atoms with Crippen LogP contribution in [0.5, 0.6) is 0 Å². The highest BCUT2D eigenvalue weighted by molar-refractivity contribution is 7.99. The van der Waals surface area contributed by atoms with Gasteiger partial charge in [0.25, 0.3) is 0 Å². The number of amides is 1. The topological polar surface area (TPSA) is 85.8 Å². The SMILES string of the molecule is Cc1cccc(NC(=O)CSc2nnc(N)n2C2CC2)c1C. The van der Waals surface area contributed by atoms with Crippen LogP contribution in [-0.4, -0.2) is 26.4 Å². The van der Waals surface area contributed by atoms with Crippen molar-refractivity contribution in [2.75, 3.05) is 16.8 Å². The van der Waals surface area contributed by atoms with Gasteiger partial charge in [0.1, 0.15) is 0 Å². The van der Waals surface area contributed by atoms with Gasteiger partial charge in [-0.2, -0.15) is 0 Å². The number of nitrogens with one attached hydrogen (secondary N) is 1.